The molecule has 0 saturated carbocycles. The number of halogens is 3. The standard InChI is InChI=1S/C21H18FNO3S2.C2H4F2/c1-14-6-11-18(12-19(14)21(24)25)28(26)23-16-7-9-17(10-8-16)27-13-15-4-2-3-5-20(15)22;1-2(3)4/h2-12,23H,13H2,1H3,(H,24,25);2H,1H3. The van der Waals surface area contributed by atoms with Crippen LogP contribution in [-0.2, 0) is 16.7 Å². The average Bonchev–Trinajstić information content (AvgIpc) is 2.74. The lowest BCUT2D eigenvalue weighted by molar-refractivity contribution is 0.0695. The van der Waals surface area contributed by atoms with Gasteiger partial charge >= 0.3 is 5.97 Å². The highest BCUT2D eigenvalue weighted by Crippen LogP contribution is 2.26. The number of anilines is 1. The lowest BCUT2D eigenvalue weighted by Crippen LogP contribution is -2.07. The number of rotatable bonds is 7. The monoisotopic (exact) mass is 481 g/mol. The Kier molecular flexibility index (Phi) is 9.80. The molecule has 0 bridgehead atoms. The topological polar surface area (TPSA) is 66.4 Å². The van der Waals surface area contributed by atoms with E-state index < -0.39 is 23.4 Å². The van der Waals surface area contributed by atoms with E-state index in [0.29, 0.717) is 27.5 Å². The molecule has 3 aromatic carbocycles. The van der Waals surface area contributed by atoms with Crippen molar-refractivity contribution in [3.8, 4) is 0 Å². The Bertz CT molecular complexity index is 1070. The van der Waals surface area contributed by atoms with Crippen LogP contribution in [0.15, 0.2) is 76.5 Å². The summed E-state index contributed by atoms with van der Waals surface area (Å²) >= 11 is 1.51. The van der Waals surface area contributed by atoms with E-state index in [1.807, 2.05) is 18.2 Å². The Morgan fingerprint density at radius 2 is 1.72 bits per heavy atom. The van der Waals surface area contributed by atoms with Gasteiger partial charge in [-0.25, -0.2) is 22.2 Å². The Hall–Kier alpha value is -2.78. The summed E-state index contributed by atoms with van der Waals surface area (Å²) in [5.41, 5.74) is 2.03. The molecule has 0 aliphatic heterocycles. The van der Waals surface area contributed by atoms with Crippen molar-refractivity contribution in [2.24, 2.45) is 0 Å². The first kappa shape index (κ1) is 25.5. The zero-order valence-electron chi connectivity index (χ0n) is 17.3. The molecule has 0 radical (unpaired) electrons. The molecule has 0 fully saturated rings. The summed E-state index contributed by atoms with van der Waals surface area (Å²) in [7, 11) is -1.58. The predicted octanol–water partition coefficient (Wildman–Crippen LogP) is 6.53. The fraction of sp³-hybridized carbons (Fsp3) is 0.174. The van der Waals surface area contributed by atoms with Gasteiger partial charge in [0.05, 0.1) is 10.5 Å². The quantitative estimate of drug-likeness (QED) is 0.377. The van der Waals surface area contributed by atoms with Crippen molar-refractivity contribution in [2.75, 3.05) is 4.72 Å². The maximum atomic E-state index is 13.7. The van der Waals surface area contributed by atoms with Crippen LogP contribution in [0.3, 0.4) is 0 Å². The minimum atomic E-state index is -2.17. The Morgan fingerprint density at radius 3 is 2.31 bits per heavy atom. The second-order valence-electron chi connectivity index (χ2n) is 6.58. The number of nitrogens with one attached hydrogen (secondary N) is 1. The molecule has 0 spiro atoms. The highest BCUT2D eigenvalue weighted by Gasteiger charge is 2.12. The van der Waals surface area contributed by atoms with Gasteiger partial charge < -0.3 is 9.83 Å². The molecule has 170 valence electrons. The summed E-state index contributed by atoms with van der Waals surface area (Å²) in [6.45, 7) is 2.53. The number of aryl methyl sites for hydroxylation is 1. The highest BCUT2D eigenvalue weighted by molar-refractivity contribution is 7.98. The zero-order valence-corrected chi connectivity index (χ0v) is 19.0. The number of hydrogen-bond donors (Lipinski definition) is 2. The van der Waals surface area contributed by atoms with E-state index in [1.54, 1.807) is 43.3 Å². The van der Waals surface area contributed by atoms with E-state index in [4.69, 9.17) is 0 Å². The molecule has 0 heterocycles. The van der Waals surface area contributed by atoms with Gasteiger partial charge in [-0.1, -0.05) is 24.3 Å². The van der Waals surface area contributed by atoms with E-state index >= 15 is 0 Å². The van der Waals surface area contributed by atoms with Crippen LogP contribution >= 0.6 is 11.8 Å². The van der Waals surface area contributed by atoms with Crippen LogP contribution in [0.25, 0.3) is 0 Å². The van der Waals surface area contributed by atoms with Crippen molar-refractivity contribution in [1.29, 1.82) is 0 Å². The molecule has 0 aliphatic carbocycles. The third-order valence-corrected chi connectivity index (χ3v) is 6.23. The summed E-state index contributed by atoms with van der Waals surface area (Å²) in [5, 5.41) is 9.20. The zero-order chi connectivity index (χ0) is 23.7. The number of thioether (sulfide) groups is 1. The van der Waals surface area contributed by atoms with Crippen molar-refractivity contribution in [3.63, 3.8) is 0 Å². The first-order valence-corrected chi connectivity index (χ1v) is 11.6. The first-order chi connectivity index (χ1) is 15.2. The van der Waals surface area contributed by atoms with Gasteiger partial charge in [0.25, 0.3) is 0 Å². The van der Waals surface area contributed by atoms with E-state index in [-0.39, 0.29) is 11.4 Å². The van der Waals surface area contributed by atoms with Crippen molar-refractivity contribution < 1.29 is 27.3 Å². The Balaban J connectivity index is 0.000000837. The van der Waals surface area contributed by atoms with Crippen LogP contribution in [0.1, 0.15) is 28.4 Å². The SMILES string of the molecule is CC(F)F.Cc1ccc(S(=O)Nc2ccc(SCc3ccccc3F)cc2)cc1C(=O)O. The van der Waals surface area contributed by atoms with Crippen LogP contribution in [0.4, 0.5) is 18.9 Å². The molecule has 9 heteroatoms. The molecule has 3 aromatic rings. The maximum Gasteiger partial charge on any atom is 0.335 e. The fourth-order valence-electron chi connectivity index (χ4n) is 2.51. The molecule has 3 rings (SSSR count). The summed E-state index contributed by atoms with van der Waals surface area (Å²) in [6, 6.07) is 18.7. The summed E-state index contributed by atoms with van der Waals surface area (Å²) in [6.07, 6.45) is -2.17. The van der Waals surface area contributed by atoms with Crippen molar-refractivity contribution in [2.45, 2.75) is 35.8 Å². The van der Waals surface area contributed by atoms with Crippen LogP contribution in [0.2, 0.25) is 0 Å². The van der Waals surface area contributed by atoms with Gasteiger partial charge in [-0.05, 0) is 67.4 Å². The molecule has 4 nitrogen and oxygen atoms in total. The number of aromatic carboxylic acids is 1. The van der Waals surface area contributed by atoms with Gasteiger partial charge in [0.1, 0.15) is 16.8 Å². The molecule has 1 unspecified atom stereocenters. The summed E-state index contributed by atoms with van der Waals surface area (Å²) in [4.78, 5) is 12.6. The molecule has 0 aromatic heterocycles. The number of benzene rings is 3. The van der Waals surface area contributed by atoms with Gasteiger partial charge in [-0.15, -0.1) is 11.8 Å². The molecule has 0 aliphatic rings. The van der Waals surface area contributed by atoms with Crippen LogP contribution < -0.4 is 4.72 Å². The normalized spacial score (nSPS) is 11.4. The summed E-state index contributed by atoms with van der Waals surface area (Å²) < 4.78 is 49.7. The second kappa shape index (κ2) is 12.3. The first-order valence-electron chi connectivity index (χ1n) is 9.44. The van der Waals surface area contributed by atoms with Crippen LogP contribution in [0.5, 0.6) is 0 Å². The molecular weight excluding hydrogens is 459 g/mol. The molecular formula is C23H22F3NO3S2. The number of carboxylic acids is 1. The molecule has 32 heavy (non-hydrogen) atoms. The Morgan fingerprint density at radius 1 is 1.09 bits per heavy atom. The van der Waals surface area contributed by atoms with Crippen LogP contribution in [0, 0.1) is 12.7 Å². The maximum absolute atomic E-state index is 13.7. The number of carbonyl (C=O) groups is 1. The Labute approximate surface area is 191 Å². The third-order valence-electron chi connectivity index (χ3n) is 4.07. The van der Waals surface area contributed by atoms with Crippen molar-refractivity contribution in [3.05, 3.63) is 89.2 Å². The molecule has 1 atom stereocenters. The number of hydrogen-bond acceptors (Lipinski definition) is 3. The number of alkyl halides is 2. The van der Waals surface area contributed by atoms with Gasteiger partial charge in [-0.3, -0.25) is 0 Å². The smallest absolute Gasteiger partial charge is 0.335 e. The van der Waals surface area contributed by atoms with Gasteiger partial charge in [0.2, 0.25) is 6.43 Å². The van der Waals surface area contributed by atoms with Crippen molar-refractivity contribution >= 4 is 34.4 Å². The minimum absolute atomic E-state index is 0.132. The van der Waals surface area contributed by atoms with Gasteiger partial charge in [-0.2, -0.15) is 0 Å². The lowest BCUT2D eigenvalue weighted by Gasteiger charge is -2.09. The van der Waals surface area contributed by atoms with E-state index in [9.17, 15) is 27.3 Å². The molecule has 2 N–H and O–H groups in total. The second-order valence-corrected chi connectivity index (χ2v) is 8.84. The van der Waals surface area contributed by atoms with Gasteiger partial charge in [0, 0.05) is 16.3 Å². The van der Waals surface area contributed by atoms with E-state index in [1.165, 1.54) is 23.9 Å². The van der Waals surface area contributed by atoms with Gasteiger partial charge in [0.15, 0.2) is 0 Å². The third kappa shape index (κ3) is 8.05. The van der Waals surface area contributed by atoms with E-state index in [2.05, 4.69) is 4.72 Å². The summed E-state index contributed by atoms with van der Waals surface area (Å²) in [5.74, 6) is -0.748. The lowest BCUT2D eigenvalue weighted by atomic mass is 10.1. The van der Waals surface area contributed by atoms with Crippen LogP contribution in [-0.4, -0.2) is 21.7 Å². The minimum Gasteiger partial charge on any atom is -0.478 e. The highest BCUT2D eigenvalue weighted by atomic mass is 32.2. The molecule has 0 amide bonds. The largest absolute Gasteiger partial charge is 0.478 e. The number of carboxylic acid groups (broad SMARTS) is 1. The molecule has 0 saturated heterocycles. The predicted molar refractivity (Wildman–Crippen MR) is 122 cm³/mol. The van der Waals surface area contributed by atoms with E-state index in [0.717, 1.165) is 11.8 Å². The van der Waals surface area contributed by atoms with Crippen molar-refractivity contribution in [1.82, 2.24) is 0 Å². The average molecular weight is 482 g/mol. The fourth-order valence-corrected chi connectivity index (χ4v) is 4.28.